The summed E-state index contributed by atoms with van der Waals surface area (Å²) in [6.45, 7) is 7.78. The number of nitrogens with one attached hydrogen (secondary N) is 1. The Morgan fingerprint density at radius 2 is 1.95 bits per heavy atom. The minimum atomic E-state index is 0.694. The highest BCUT2D eigenvalue weighted by Crippen LogP contribution is 2.37. The van der Waals surface area contributed by atoms with Crippen LogP contribution in [-0.2, 0) is 6.42 Å². The summed E-state index contributed by atoms with van der Waals surface area (Å²) in [7, 11) is 0. The molecule has 1 unspecified atom stereocenters. The molecule has 1 fully saturated rings. The average Bonchev–Trinajstić information content (AvgIpc) is 2.68. The molecule has 1 N–H and O–H groups in total. The van der Waals surface area contributed by atoms with Crippen molar-refractivity contribution >= 4 is 5.69 Å². The monoisotopic (exact) mass is 292 g/mol. The predicted molar refractivity (Wildman–Crippen MR) is 93.7 cm³/mol. The Hall–Kier alpha value is -1.80. The molecule has 2 heteroatoms. The molecule has 2 aliphatic rings. The van der Waals surface area contributed by atoms with Crippen LogP contribution >= 0.6 is 0 Å². The van der Waals surface area contributed by atoms with Crippen LogP contribution in [0, 0.1) is 13.8 Å². The van der Waals surface area contributed by atoms with E-state index < -0.39 is 0 Å². The van der Waals surface area contributed by atoms with E-state index in [-0.39, 0.29) is 0 Å². The zero-order valence-electron chi connectivity index (χ0n) is 13.5. The molecule has 0 saturated carbocycles. The van der Waals surface area contributed by atoms with Crippen molar-refractivity contribution in [3.05, 3.63) is 53.1 Å². The van der Waals surface area contributed by atoms with Gasteiger partial charge in [0.15, 0.2) is 0 Å². The molecule has 1 atom stereocenters. The molecule has 114 valence electrons. The van der Waals surface area contributed by atoms with Crippen molar-refractivity contribution < 1.29 is 0 Å². The molecular weight excluding hydrogens is 268 g/mol. The van der Waals surface area contributed by atoms with Gasteiger partial charge in [-0.15, -0.1) is 0 Å². The Kier molecular flexibility index (Phi) is 3.42. The standard InChI is InChI=1S/C20H24N2/c1-14-3-5-19(15(2)11-14)16-4-6-20-17(12-16)13-18-7-8-21-9-10-22(18)20/h3-6,11-12,18,21H,7-10,13H2,1-2H3. The molecule has 2 heterocycles. The van der Waals surface area contributed by atoms with Crippen molar-refractivity contribution in [1.29, 1.82) is 0 Å². The van der Waals surface area contributed by atoms with E-state index in [1.54, 1.807) is 0 Å². The zero-order chi connectivity index (χ0) is 15.1. The number of nitrogens with zero attached hydrogens (tertiary/aromatic N) is 1. The summed E-state index contributed by atoms with van der Waals surface area (Å²) in [6, 6.07) is 14.5. The molecule has 2 aromatic carbocycles. The molecule has 4 rings (SSSR count). The predicted octanol–water partition coefficient (Wildman–Crippen LogP) is 3.69. The molecule has 0 radical (unpaired) electrons. The van der Waals surface area contributed by atoms with E-state index in [1.165, 1.54) is 46.3 Å². The quantitative estimate of drug-likeness (QED) is 0.862. The number of aryl methyl sites for hydroxylation is 2. The highest BCUT2D eigenvalue weighted by molar-refractivity contribution is 5.73. The van der Waals surface area contributed by atoms with E-state index in [1.807, 2.05) is 0 Å². The van der Waals surface area contributed by atoms with Gasteiger partial charge >= 0.3 is 0 Å². The van der Waals surface area contributed by atoms with E-state index in [0.717, 1.165) is 19.6 Å². The first-order valence-electron chi connectivity index (χ1n) is 8.40. The maximum Gasteiger partial charge on any atom is 0.0403 e. The minimum Gasteiger partial charge on any atom is -0.367 e. The molecule has 0 amide bonds. The first-order chi connectivity index (χ1) is 10.7. The van der Waals surface area contributed by atoms with Gasteiger partial charge in [-0.05, 0) is 67.6 Å². The second-order valence-electron chi connectivity index (χ2n) is 6.75. The first kappa shape index (κ1) is 13.8. The number of anilines is 1. The van der Waals surface area contributed by atoms with Crippen molar-refractivity contribution in [2.24, 2.45) is 0 Å². The molecular formula is C20H24N2. The third-order valence-corrected chi connectivity index (χ3v) is 5.16. The Labute approximate surface area is 133 Å². The molecule has 0 aromatic heterocycles. The van der Waals surface area contributed by atoms with Crippen LogP contribution < -0.4 is 10.2 Å². The van der Waals surface area contributed by atoms with Gasteiger partial charge in [0.25, 0.3) is 0 Å². The van der Waals surface area contributed by atoms with Gasteiger partial charge in [0.2, 0.25) is 0 Å². The van der Waals surface area contributed by atoms with Gasteiger partial charge in [0, 0.05) is 24.8 Å². The maximum absolute atomic E-state index is 3.51. The molecule has 2 aliphatic heterocycles. The Bertz CT molecular complexity index is 705. The van der Waals surface area contributed by atoms with Gasteiger partial charge < -0.3 is 10.2 Å². The van der Waals surface area contributed by atoms with E-state index in [0.29, 0.717) is 6.04 Å². The van der Waals surface area contributed by atoms with Crippen LogP contribution in [0.3, 0.4) is 0 Å². The highest BCUT2D eigenvalue weighted by Gasteiger charge is 2.30. The normalized spacial score (nSPS) is 20.5. The minimum absolute atomic E-state index is 0.694. The lowest BCUT2D eigenvalue weighted by molar-refractivity contribution is 0.612. The topological polar surface area (TPSA) is 15.3 Å². The van der Waals surface area contributed by atoms with Crippen LogP contribution in [0.4, 0.5) is 5.69 Å². The van der Waals surface area contributed by atoms with E-state index in [9.17, 15) is 0 Å². The van der Waals surface area contributed by atoms with Gasteiger partial charge in [-0.3, -0.25) is 0 Å². The van der Waals surface area contributed by atoms with Gasteiger partial charge in [0.1, 0.15) is 0 Å². The lowest BCUT2D eigenvalue weighted by Crippen LogP contribution is -2.32. The summed E-state index contributed by atoms with van der Waals surface area (Å²) < 4.78 is 0. The van der Waals surface area contributed by atoms with Gasteiger partial charge in [0.05, 0.1) is 0 Å². The number of benzene rings is 2. The molecule has 0 bridgehead atoms. The van der Waals surface area contributed by atoms with Crippen LogP contribution in [0.1, 0.15) is 23.1 Å². The van der Waals surface area contributed by atoms with E-state index >= 15 is 0 Å². The number of hydrogen-bond donors (Lipinski definition) is 1. The third kappa shape index (κ3) is 2.32. The van der Waals surface area contributed by atoms with Crippen molar-refractivity contribution in [3.63, 3.8) is 0 Å². The third-order valence-electron chi connectivity index (χ3n) is 5.16. The second-order valence-corrected chi connectivity index (χ2v) is 6.75. The van der Waals surface area contributed by atoms with Crippen LogP contribution in [0.25, 0.3) is 11.1 Å². The molecule has 2 nitrogen and oxygen atoms in total. The van der Waals surface area contributed by atoms with Crippen molar-refractivity contribution in [1.82, 2.24) is 5.32 Å². The molecule has 1 saturated heterocycles. The summed E-state index contributed by atoms with van der Waals surface area (Å²) >= 11 is 0. The fourth-order valence-corrected chi connectivity index (χ4v) is 4.05. The fraction of sp³-hybridized carbons (Fsp3) is 0.400. The number of hydrogen-bond acceptors (Lipinski definition) is 2. The summed E-state index contributed by atoms with van der Waals surface area (Å²) in [5.74, 6) is 0. The SMILES string of the molecule is Cc1ccc(-c2ccc3c(c2)CC2CCNCCN32)c(C)c1. The van der Waals surface area contributed by atoms with Crippen molar-refractivity contribution in [2.45, 2.75) is 32.7 Å². The first-order valence-corrected chi connectivity index (χ1v) is 8.40. The van der Waals surface area contributed by atoms with Gasteiger partial charge in [-0.1, -0.05) is 29.8 Å². The van der Waals surface area contributed by atoms with Crippen molar-refractivity contribution in [3.8, 4) is 11.1 Å². The second kappa shape index (κ2) is 5.44. The Balaban J connectivity index is 1.71. The Morgan fingerprint density at radius 3 is 2.82 bits per heavy atom. The molecule has 22 heavy (non-hydrogen) atoms. The lowest BCUT2D eigenvalue weighted by Gasteiger charge is -2.24. The summed E-state index contributed by atoms with van der Waals surface area (Å²) in [5, 5.41) is 3.51. The van der Waals surface area contributed by atoms with Crippen LogP contribution in [0.5, 0.6) is 0 Å². The summed E-state index contributed by atoms with van der Waals surface area (Å²) in [5.41, 5.74) is 8.44. The molecule has 0 aliphatic carbocycles. The number of fused-ring (bicyclic) bond motifs is 3. The lowest BCUT2D eigenvalue weighted by atomic mass is 9.96. The average molecular weight is 292 g/mol. The maximum atomic E-state index is 3.51. The van der Waals surface area contributed by atoms with Gasteiger partial charge in [-0.25, -0.2) is 0 Å². The summed E-state index contributed by atoms with van der Waals surface area (Å²) in [4.78, 5) is 2.61. The summed E-state index contributed by atoms with van der Waals surface area (Å²) in [6.07, 6.45) is 2.46. The fourth-order valence-electron chi connectivity index (χ4n) is 4.05. The van der Waals surface area contributed by atoms with Crippen LogP contribution in [0.2, 0.25) is 0 Å². The van der Waals surface area contributed by atoms with Crippen molar-refractivity contribution in [2.75, 3.05) is 24.5 Å². The zero-order valence-corrected chi connectivity index (χ0v) is 13.5. The van der Waals surface area contributed by atoms with Gasteiger partial charge in [-0.2, -0.15) is 0 Å². The van der Waals surface area contributed by atoms with Crippen LogP contribution in [-0.4, -0.2) is 25.7 Å². The largest absolute Gasteiger partial charge is 0.367 e. The van der Waals surface area contributed by atoms with E-state index in [4.69, 9.17) is 0 Å². The highest BCUT2D eigenvalue weighted by atomic mass is 15.2. The van der Waals surface area contributed by atoms with Crippen LogP contribution in [0.15, 0.2) is 36.4 Å². The smallest absolute Gasteiger partial charge is 0.0403 e. The molecule has 0 spiro atoms. The molecule has 2 aromatic rings. The van der Waals surface area contributed by atoms with E-state index in [2.05, 4.69) is 60.5 Å². The Morgan fingerprint density at radius 1 is 1.05 bits per heavy atom. The number of rotatable bonds is 1.